The van der Waals surface area contributed by atoms with E-state index < -0.39 is 90.9 Å². The van der Waals surface area contributed by atoms with Crippen molar-refractivity contribution in [1.29, 1.82) is 0 Å². The molecule has 16 heteroatoms. The van der Waals surface area contributed by atoms with E-state index >= 15 is 0 Å². The second kappa shape index (κ2) is 19.5. The molecule has 3 aromatic rings. The summed E-state index contributed by atoms with van der Waals surface area (Å²) in [6, 6.07) is 22.5. The van der Waals surface area contributed by atoms with E-state index in [1.54, 1.807) is 32.9 Å². The number of nitrogens with one attached hydrogen (secondary N) is 1. The Bertz CT molecular complexity index is 2110. The summed E-state index contributed by atoms with van der Waals surface area (Å²) in [6.45, 7) is 3.21. The predicted molar refractivity (Wildman–Crippen MR) is 217 cm³/mol. The van der Waals surface area contributed by atoms with Crippen LogP contribution in [0.15, 0.2) is 103 Å². The van der Waals surface area contributed by atoms with Crippen molar-refractivity contribution in [2.24, 2.45) is 0 Å². The third-order valence-corrected chi connectivity index (χ3v) is 10.4. The molecule has 6 rings (SSSR count). The Labute approximate surface area is 356 Å². The van der Waals surface area contributed by atoms with Crippen molar-refractivity contribution in [1.82, 2.24) is 10.2 Å². The molecule has 5 unspecified atom stereocenters. The highest BCUT2D eigenvalue weighted by molar-refractivity contribution is 5.98. The van der Waals surface area contributed by atoms with Crippen molar-refractivity contribution in [3.63, 3.8) is 0 Å². The Morgan fingerprint density at radius 3 is 2.21 bits per heavy atom. The number of hydrogen-bond acceptors (Lipinski definition) is 11. The first-order valence-electron chi connectivity index (χ1n) is 20.3. The second-order valence-electron chi connectivity index (χ2n) is 16.2. The second-order valence-corrected chi connectivity index (χ2v) is 16.2. The van der Waals surface area contributed by atoms with Crippen molar-refractivity contribution in [3.05, 3.63) is 125 Å². The number of fused-ring (bicyclic) bond motifs is 1. The van der Waals surface area contributed by atoms with Gasteiger partial charge >= 0.3 is 24.1 Å². The maximum atomic E-state index is 14.5. The van der Waals surface area contributed by atoms with E-state index in [-0.39, 0.29) is 42.5 Å². The topological polar surface area (TPSA) is 167 Å². The van der Waals surface area contributed by atoms with E-state index in [4.69, 9.17) is 18.9 Å². The van der Waals surface area contributed by atoms with E-state index in [2.05, 4.69) is 10.1 Å². The summed E-state index contributed by atoms with van der Waals surface area (Å²) in [5.74, 6) is -5.15. The van der Waals surface area contributed by atoms with Gasteiger partial charge in [-0.15, -0.1) is 0 Å². The summed E-state index contributed by atoms with van der Waals surface area (Å²) in [6.07, 6.45) is -3.53. The number of aliphatic hydroxyl groups is 1. The molecule has 2 N–H and O–H groups in total. The molecule has 0 spiro atoms. The Balaban J connectivity index is 1.27. The zero-order valence-electron chi connectivity index (χ0n) is 34.5. The fraction of sp³-hybridized carbons (Fsp3) is 0.413. The highest BCUT2D eigenvalue weighted by atomic mass is 19.4. The van der Waals surface area contributed by atoms with E-state index in [1.807, 2.05) is 60.7 Å². The number of amides is 2. The molecule has 3 aromatic carbocycles. The number of nitrogens with zero attached hydrogens (tertiary/aromatic N) is 1. The average Bonchev–Trinajstić information content (AvgIpc) is 3.90. The van der Waals surface area contributed by atoms with Crippen molar-refractivity contribution < 1.29 is 65.9 Å². The first-order chi connectivity index (χ1) is 29.5. The molecule has 0 saturated carbocycles. The van der Waals surface area contributed by atoms with Gasteiger partial charge in [0.25, 0.3) is 0 Å². The fourth-order valence-electron chi connectivity index (χ4n) is 7.63. The number of halogens is 3. The largest absolute Gasteiger partial charge is 0.460 e. The Kier molecular flexibility index (Phi) is 14.3. The number of likely N-dealkylation sites (tertiary alicyclic amines) is 1. The molecule has 0 aromatic heterocycles. The maximum Gasteiger partial charge on any atom is 0.422 e. The van der Waals surface area contributed by atoms with Gasteiger partial charge in [-0.1, -0.05) is 78.9 Å². The molecule has 5 atom stereocenters. The summed E-state index contributed by atoms with van der Waals surface area (Å²) in [7, 11) is 0. The number of aliphatic hydroxyl groups excluding tert-OH is 1. The van der Waals surface area contributed by atoms with E-state index in [0.29, 0.717) is 24.0 Å². The predicted octanol–water partition coefficient (Wildman–Crippen LogP) is 5.94. The molecule has 13 nitrogen and oxygen atoms in total. The third kappa shape index (κ3) is 11.3. The van der Waals surface area contributed by atoms with E-state index in [9.17, 15) is 42.3 Å². The lowest BCUT2D eigenvalue weighted by Crippen LogP contribution is -2.51. The molecule has 3 aliphatic rings. The number of ether oxygens (including phenoxy) is 5. The van der Waals surface area contributed by atoms with Gasteiger partial charge < -0.3 is 39.0 Å². The van der Waals surface area contributed by atoms with Crippen LogP contribution in [0, 0.1) is 0 Å². The van der Waals surface area contributed by atoms with Gasteiger partial charge in [-0.25, -0.2) is 9.59 Å². The van der Waals surface area contributed by atoms with Crippen molar-refractivity contribution >= 4 is 35.8 Å². The number of carbonyl (C=O) groups is 5. The van der Waals surface area contributed by atoms with Gasteiger partial charge in [0.1, 0.15) is 30.0 Å². The summed E-state index contributed by atoms with van der Waals surface area (Å²) in [5, 5.41) is 12.8. The van der Waals surface area contributed by atoms with Crippen LogP contribution >= 0.6 is 0 Å². The zero-order valence-corrected chi connectivity index (χ0v) is 34.5. The standard InChI is InChI=1S/C46H49F3N2O11/c1-44(2,3)61-39(54)23-21-33(27-52)50-41(55)35-19-12-24-51(35)42(56)30-25-36(59-43(57)34-18-11-10-13-29(34)20-22-38(53)58-28-45(47,48)49)40-37(26-30)60-46(62-40,31-14-6-4-7-15-31)32-16-8-5-9-17-32/h4-11,13-18,20,22,26,33,35-37,40,52H,12,19,21,23-25,27-28H2,1-3H3,(H,50,55). The molecule has 2 aliphatic heterocycles. The number of rotatable bonds is 14. The Morgan fingerprint density at radius 1 is 0.935 bits per heavy atom. The minimum atomic E-state index is -4.72. The van der Waals surface area contributed by atoms with Crippen molar-refractivity contribution in [3.8, 4) is 0 Å². The monoisotopic (exact) mass is 862 g/mol. The van der Waals surface area contributed by atoms with Gasteiger partial charge in [0.2, 0.25) is 17.6 Å². The van der Waals surface area contributed by atoms with Crippen LogP contribution in [-0.4, -0.2) is 102 Å². The van der Waals surface area contributed by atoms with Gasteiger partial charge in [-0.3, -0.25) is 14.4 Å². The quantitative estimate of drug-likeness (QED) is 0.112. The van der Waals surface area contributed by atoms with E-state index in [1.165, 1.54) is 23.1 Å². The molecule has 62 heavy (non-hydrogen) atoms. The molecule has 2 amide bonds. The van der Waals surface area contributed by atoms with Crippen LogP contribution < -0.4 is 5.32 Å². The molecule has 0 bridgehead atoms. The smallest absolute Gasteiger partial charge is 0.422 e. The molecular formula is C46H49F3N2O11. The van der Waals surface area contributed by atoms with Gasteiger partial charge in [-0.2, -0.15) is 13.2 Å². The van der Waals surface area contributed by atoms with Crippen LogP contribution in [0.4, 0.5) is 13.2 Å². The summed E-state index contributed by atoms with van der Waals surface area (Å²) >= 11 is 0. The summed E-state index contributed by atoms with van der Waals surface area (Å²) < 4.78 is 67.2. The summed E-state index contributed by atoms with van der Waals surface area (Å²) in [5.41, 5.74) is 0.847. The lowest BCUT2D eigenvalue weighted by molar-refractivity contribution is -0.182. The van der Waals surface area contributed by atoms with Crippen LogP contribution in [0.5, 0.6) is 0 Å². The van der Waals surface area contributed by atoms with Crippen LogP contribution in [0.3, 0.4) is 0 Å². The van der Waals surface area contributed by atoms with Crippen molar-refractivity contribution in [2.75, 3.05) is 19.8 Å². The number of carbonyl (C=O) groups excluding carboxylic acids is 5. The SMILES string of the molecule is CC(C)(C)OC(=O)CCC(CO)NC(=O)C1CCCN1C(=O)C1=CC2OC(c3ccccc3)(c3ccccc3)OC2C(OC(=O)c2ccccc2C=CC(=O)OCC(F)(F)F)C1. The molecule has 1 aliphatic carbocycles. The molecule has 330 valence electrons. The van der Waals surface area contributed by atoms with Crippen LogP contribution in [0.2, 0.25) is 0 Å². The summed E-state index contributed by atoms with van der Waals surface area (Å²) in [4.78, 5) is 68.1. The Hall–Kier alpha value is -5.84. The average molecular weight is 863 g/mol. The molecule has 0 radical (unpaired) electrons. The highest BCUT2D eigenvalue weighted by Crippen LogP contribution is 2.47. The Morgan fingerprint density at radius 2 is 1.58 bits per heavy atom. The normalized spacial score (nSPS) is 21.4. The lowest BCUT2D eigenvalue weighted by Gasteiger charge is -2.33. The minimum Gasteiger partial charge on any atom is -0.460 e. The first-order valence-corrected chi connectivity index (χ1v) is 20.3. The molecular weight excluding hydrogens is 814 g/mol. The fourth-order valence-corrected chi connectivity index (χ4v) is 7.63. The zero-order chi connectivity index (χ0) is 44.7. The number of hydrogen-bond donors (Lipinski definition) is 2. The van der Waals surface area contributed by atoms with Crippen LogP contribution in [0.25, 0.3) is 6.08 Å². The molecule has 2 saturated heterocycles. The molecule has 2 fully saturated rings. The number of esters is 3. The first kappa shape index (κ1) is 45.7. The minimum absolute atomic E-state index is 0.0379. The number of alkyl halides is 3. The van der Waals surface area contributed by atoms with Gasteiger partial charge in [-0.05, 0) is 63.8 Å². The van der Waals surface area contributed by atoms with Crippen LogP contribution in [-0.2, 0) is 48.6 Å². The van der Waals surface area contributed by atoms with Gasteiger partial charge in [0, 0.05) is 42.2 Å². The maximum absolute atomic E-state index is 14.5. The lowest BCUT2D eigenvalue weighted by atomic mass is 9.91. The van der Waals surface area contributed by atoms with Gasteiger partial charge in [0.15, 0.2) is 6.61 Å². The third-order valence-electron chi connectivity index (χ3n) is 10.4. The van der Waals surface area contributed by atoms with Crippen LogP contribution in [0.1, 0.15) is 79.9 Å². The number of benzene rings is 3. The van der Waals surface area contributed by atoms with E-state index in [0.717, 1.165) is 12.2 Å². The van der Waals surface area contributed by atoms with Crippen molar-refractivity contribution in [2.45, 2.75) is 101 Å². The molecule has 2 heterocycles. The highest BCUT2D eigenvalue weighted by Gasteiger charge is 2.55. The van der Waals surface area contributed by atoms with Gasteiger partial charge in [0.05, 0.1) is 18.2 Å².